The second-order valence-corrected chi connectivity index (χ2v) is 7.28. The summed E-state index contributed by atoms with van der Waals surface area (Å²) in [6.07, 6.45) is 1.01. The first-order chi connectivity index (χ1) is 10.4. The number of carbonyl (C=O) groups excluding carboxylic acids is 1. The van der Waals surface area contributed by atoms with Gasteiger partial charge in [0.05, 0.1) is 6.04 Å². The van der Waals surface area contributed by atoms with Crippen LogP contribution in [-0.4, -0.2) is 47.9 Å². The van der Waals surface area contributed by atoms with Crippen molar-refractivity contribution < 1.29 is 4.79 Å². The van der Waals surface area contributed by atoms with Gasteiger partial charge in [0, 0.05) is 32.7 Å². The van der Waals surface area contributed by atoms with Crippen molar-refractivity contribution in [1.82, 2.24) is 9.80 Å². The van der Waals surface area contributed by atoms with E-state index in [-0.39, 0.29) is 11.3 Å². The Hall–Kier alpha value is -1.39. The van der Waals surface area contributed by atoms with Gasteiger partial charge in [0.15, 0.2) is 0 Å². The van der Waals surface area contributed by atoms with Crippen LogP contribution in [-0.2, 0) is 11.3 Å². The van der Waals surface area contributed by atoms with Gasteiger partial charge in [-0.05, 0) is 17.4 Å². The van der Waals surface area contributed by atoms with Gasteiger partial charge in [-0.25, -0.2) is 0 Å². The van der Waals surface area contributed by atoms with Crippen molar-refractivity contribution in [3.63, 3.8) is 0 Å². The Labute approximate surface area is 134 Å². The van der Waals surface area contributed by atoms with Crippen LogP contribution in [0.1, 0.15) is 32.8 Å². The third-order valence-corrected chi connectivity index (χ3v) is 4.35. The van der Waals surface area contributed by atoms with E-state index in [9.17, 15) is 4.79 Å². The first-order valence-electron chi connectivity index (χ1n) is 8.18. The highest BCUT2D eigenvalue weighted by Crippen LogP contribution is 2.20. The number of carbonyl (C=O) groups is 1. The van der Waals surface area contributed by atoms with E-state index in [2.05, 4.69) is 29.2 Å². The molecule has 1 heterocycles. The third kappa shape index (κ3) is 4.55. The summed E-state index contributed by atoms with van der Waals surface area (Å²) in [4.78, 5) is 16.9. The molecule has 122 valence electrons. The van der Waals surface area contributed by atoms with E-state index in [1.54, 1.807) is 0 Å². The van der Waals surface area contributed by atoms with Crippen molar-refractivity contribution in [2.24, 2.45) is 11.1 Å². The van der Waals surface area contributed by atoms with E-state index in [1.807, 2.05) is 31.7 Å². The molecule has 0 aromatic heterocycles. The molecule has 2 N–H and O–H groups in total. The van der Waals surface area contributed by atoms with Gasteiger partial charge in [-0.15, -0.1) is 0 Å². The van der Waals surface area contributed by atoms with Crippen LogP contribution in [0.15, 0.2) is 30.3 Å². The lowest BCUT2D eigenvalue weighted by molar-refractivity contribution is -0.134. The second kappa shape index (κ2) is 7.25. The molecule has 0 bridgehead atoms. The van der Waals surface area contributed by atoms with E-state index >= 15 is 0 Å². The highest BCUT2D eigenvalue weighted by molar-refractivity contribution is 5.82. The Morgan fingerprint density at radius 1 is 1.14 bits per heavy atom. The van der Waals surface area contributed by atoms with Crippen LogP contribution in [0.3, 0.4) is 0 Å². The molecule has 0 radical (unpaired) electrons. The lowest BCUT2D eigenvalue weighted by Gasteiger charge is -2.31. The predicted molar refractivity (Wildman–Crippen MR) is 90.3 cm³/mol. The minimum Gasteiger partial charge on any atom is -0.340 e. The molecule has 1 fully saturated rings. The molecule has 0 aliphatic carbocycles. The van der Waals surface area contributed by atoms with E-state index in [0.29, 0.717) is 0 Å². The van der Waals surface area contributed by atoms with Crippen LogP contribution in [0, 0.1) is 5.41 Å². The Morgan fingerprint density at radius 2 is 1.82 bits per heavy atom. The number of hydrogen-bond acceptors (Lipinski definition) is 3. The summed E-state index contributed by atoms with van der Waals surface area (Å²) in [6.45, 7) is 10.6. The lowest BCUT2D eigenvalue weighted by Crippen LogP contribution is -2.51. The molecule has 1 aromatic rings. The number of nitrogens with zero attached hydrogens (tertiary/aromatic N) is 2. The number of nitrogens with two attached hydrogens (primary N) is 1. The van der Waals surface area contributed by atoms with Crippen molar-refractivity contribution in [3.8, 4) is 0 Å². The normalized spacial score (nSPS) is 18.8. The molecule has 1 aromatic carbocycles. The van der Waals surface area contributed by atoms with Gasteiger partial charge < -0.3 is 10.6 Å². The first kappa shape index (κ1) is 17.0. The van der Waals surface area contributed by atoms with E-state index in [1.165, 1.54) is 5.56 Å². The summed E-state index contributed by atoms with van der Waals surface area (Å²) >= 11 is 0. The molecular weight excluding hydrogens is 274 g/mol. The summed E-state index contributed by atoms with van der Waals surface area (Å²) in [5, 5.41) is 0. The molecule has 1 saturated heterocycles. The molecule has 1 aliphatic rings. The van der Waals surface area contributed by atoms with Crippen LogP contribution in [0.5, 0.6) is 0 Å². The fourth-order valence-electron chi connectivity index (χ4n) is 2.76. The smallest absolute Gasteiger partial charge is 0.240 e. The van der Waals surface area contributed by atoms with E-state index in [4.69, 9.17) is 5.73 Å². The predicted octanol–water partition coefficient (Wildman–Crippen LogP) is 2.09. The standard InChI is InChI=1S/C18H29N3O/c1-18(2,3)16(19)17(22)21-11-7-10-20(12-13-21)14-15-8-5-4-6-9-15/h4-6,8-9,16H,7,10-14,19H2,1-3H3/t16-/m1/s1. The largest absolute Gasteiger partial charge is 0.340 e. The quantitative estimate of drug-likeness (QED) is 0.930. The number of rotatable bonds is 3. The lowest BCUT2D eigenvalue weighted by atomic mass is 9.86. The molecule has 0 saturated carbocycles. The minimum absolute atomic E-state index is 0.0917. The van der Waals surface area contributed by atoms with E-state index in [0.717, 1.165) is 39.1 Å². The molecule has 0 unspecified atom stereocenters. The zero-order valence-electron chi connectivity index (χ0n) is 14.1. The van der Waals surface area contributed by atoms with Crippen molar-refractivity contribution in [1.29, 1.82) is 0 Å². The molecule has 4 heteroatoms. The summed E-state index contributed by atoms with van der Waals surface area (Å²) < 4.78 is 0. The van der Waals surface area contributed by atoms with Crippen molar-refractivity contribution in [2.45, 2.75) is 39.8 Å². The van der Waals surface area contributed by atoms with Crippen LogP contribution in [0.25, 0.3) is 0 Å². The Bertz CT molecular complexity index is 481. The van der Waals surface area contributed by atoms with Crippen LogP contribution in [0.4, 0.5) is 0 Å². The van der Waals surface area contributed by atoms with Gasteiger partial charge in [0.2, 0.25) is 5.91 Å². The van der Waals surface area contributed by atoms with Gasteiger partial charge in [-0.3, -0.25) is 9.69 Å². The number of benzene rings is 1. The Kier molecular flexibility index (Phi) is 5.59. The van der Waals surface area contributed by atoms with Crippen LogP contribution >= 0.6 is 0 Å². The molecule has 22 heavy (non-hydrogen) atoms. The van der Waals surface area contributed by atoms with Crippen molar-refractivity contribution in [2.75, 3.05) is 26.2 Å². The molecule has 0 spiro atoms. The minimum atomic E-state index is -0.423. The fraction of sp³-hybridized carbons (Fsp3) is 0.611. The van der Waals surface area contributed by atoms with Crippen LogP contribution in [0.2, 0.25) is 0 Å². The Morgan fingerprint density at radius 3 is 2.45 bits per heavy atom. The van der Waals surface area contributed by atoms with Gasteiger partial charge in [0.1, 0.15) is 0 Å². The first-order valence-corrected chi connectivity index (χ1v) is 8.18. The molecule has 4 nitrogen and oxygen atoms in total. The SMILES string of the molecule is CC(C)(C)[C@H](N)C(=O)N1CCCN(Cc2ccccc2)CC1. The molecule has 1 amide bonds. The summed E-state index contributed by atoms with van der Waals surface area (Å²) in [7, 11) is 0. The zero-order valence-corrected chi connectivity index (χ0v) is 14.1. The van der Waals surface area contributed by atoms with Gasteiger partial charge >= 0.3 is 0 Å². The fourth-order valence-corrected chi connectivity index (χ4v) is 2.76. The molecule has 1 aliphatic heterocycles. The molecule has 1 atom stereocenters. The average Bonchev–Trinajstić information content (AvgIpc) is 2.71. The highest BCUT2D eigenvalue weighted by atomic mass is 16.2. The van der Waals surface area contributed by atoms with Gasteiger partial charge in [-0.1, -0.05) is 51.1 Å². The maximum atomic E-state index is 12.5. The molecular formula is C18H29N3O. The number of hydrogen-bond donors (Lipinski definition) is 1. The van der Waals surface area contributed by atoms with E-state index < -0.39 is 6.04 Å². The number of amides is 1. The van der Waals surface area contributed by atoms with Gasteiger partial charge in [0.25, 0.3) is 0 Å². The maximum Gasteiger partial charge on any atom is 0.240 e. The summed E-state index contributed by atoms with van der Waals surface area (Å²) in [5.74, 6) is 0.0917. The highest BCUT2D eigenvalue weighted by Gasteiger charge is 2.31. The maximum absolute atomic E-state index is 12.5. The Balaban J connectivity index is 1.91. The van der Waals surface area contributed by atoms with Crippen molar-refractivity contribution >= 4 is 5.91 Å². The second-order valence-electron chi connectivity index (χ2n) is 7.28. The third-order valence-electron chi connectivity index (χ3n) is 4.35. The van der Waals surface area contributed by atoms with Gasteiger partial charge in [-0.2, -0.15) is 0 Å². The topological polar surface area (TPSA) is 49.6 Å². The molecule has 2 rings (SSSR count). The van der Waals surface area contributed by atoms with Crippen LogP contribution < -0.4 is 5.73 Å². The summed E-state index contributed by atoms with van der Waals surface area (Å²) in [6, 6.07) is 10.1. The monoisotopic (exact) mass is 303 g/mol. The zero-order chi connectivity index (χ0) is 16.2. The summed E-state index contributed by atoms with van der Waals surface area (Å²) in [5.41, 5.74) is 7.27. The average molecular weight is 303 g/mol. The van der Waals surface area contributed by atoms with Crippen molar-refractivity contribution in [3.05, 3.63) is 35.9 Å².